The topological polar surface area (TPSA) is 47.6 Å². The van der Waals surface area contributed by atoms with Crippen LogP contribution in [-0.2, 0) is 4.79 Å². The van der Waals surface area contributed by atoms with Crippen molar-refractivity contribution in [3.63, 3.8) is 0 Å². The Labute approximate surface area is 145 Å². The lowest BCUT2D eigenvalue weighted by molar-refractivity contribution is -0.122. The van der Waals surface area contributed by atoms with Gasteiger partial charge >= 0.3 is 0 Å². The second-order valence-corrected chi connectivity index (χ2v) is 5.88. The van der Waals surface area contributed by atoms with Gasteiger partial charge in [0.05, 0.1) is 12.8 Å². The van der Waals surface area contributed by atoms with Gasteiger partial charge < -0.3 is 14.8 Å². The zero-order valence-corrected chi connectivity index (χ0v) is 14.5. The van der Waals surface area contributed by atoms with Crippen LogP contribution in [-0.4, -0.2) is 19.1 Å². The number of aryl methyl sites for hydroxylation is 1. The van der Waals surface area contributed by atoms with Crippen molar-refractivity contribution in [2.75, 3.05) is 12.4 Å². The molecule has 1 amide bonds. The zero-order chi connectivity index (χ0) is 17.0. The SMILES string of the molecule is COc1ccc(Cl)cc1NC(=O)C(C)Oc1ccc(Cl)cc1C. The van der Waals surface area contributed by atoms with Crippen molar-refractivity contribution in [3.05, 3.63) is 52.0 Å². The van der Waals surface area contributed by atoms with E-state index in [9.17, 15) is 4.79 Å². The van der Waals surface area contributed by atoms with Crippen molar-refractivity contribution >= 4 is 34.8 Å². The van der Waals surface area contributed by atoms with Gasteiger partial charge in [-0.15, -0.1) is 0 Å². The number of rotatable bonds is 5. The van der Waals surface area contributed by atoms with Crippen molar-refractivity contribution in [1.82, 2.24) is 0 Å². The molecule has 1 N–H and O–H groups in total. The molecule has 0 saturated carbocycles. The van der Waals surface area contributed by atoms with Crippen LogP contribution in [0.5, 0.6) is 11.5 Å². The molecule has 0 fully saturated rings. The standard InChI is InChI=1S/C17H17Cl2NO3/c1-10-8-12(18)4-6-15(10)23-11(2)17(21)20-14-9-13(19)5-7-16(14)22-3/h4-9,11H,1-3H3,(H,20,21). The van der Waals surface area contributed by atoms with Gasteiger partial charge in [-0.05, 0) is 55.8 Å². The van der Waals surface area contributed by atoms with Crippen LogP contribution in [0, 0.1) is 6.92 Å². The Hall–Kier alpha value is -1.91. The zero-order valence-electron chi connectivity index (χ0n) is 13.0. The van der Waals surface area contributed by atoms with E-state index in [1.165, 1.54) is 7.11 Å². The number of hydrogen-bond donors (Lipinski definition) is 1. The number of amides is 1. The van der Waals surface area contributed by atoms with Crippen molar-refractivity contribution in [3.8, 4) is 11.5 Å². The summed E-state index contributed by atoms with van der Waals surface area (Å²) >= 11 is 11.9. The van der Waals surface area contributed by atoms with Crippen LogP contribution in [0.3, 0.4) is 0 Å². The lowest BCUT2D eigenvalue weighted by Gasteiger charge is -2.17. The lowest BCUT2D eigenvalue weighted by atomic mass is 10.2. The minimum atomic E-state index is -0.696. The number of hydrogen-bond acceptors (Lipinski definition) is 3. The summed E-state index contributed by atoms with van der Waals surface area (Å²) in [5.74, 6) is 0.827. The molecule has 0 aromatic heterocycles. The maximum Gasteiger partial charge on any atom is 0.265 e. The number of anilines is 1. The second kappa shape index (κ2) is 7.57. The second-order valence-electron chi connectivity index (χ2n) is 5.00. The highest BCUT2D eigenvalue weighted by atomic mass is 35.5. The van der Waals surface area contributed by atoms with E-state index in [0.717, 1.165) is 5.56 Å². The Kier molecular flexibility index (Phi) is 5.74. The first-order valence-electron chi connectivity index (χ1n) is 6.98. The van der Waals surface area contributed by atoms with E-state index in [-0.39, 0.29) is 5.91 Å². The Morgan fingerprint density at radius 3 is 2.30 bits per heavy atom. The predicted octanol–water partition coefficient (Wildman–Crippen LogP) is 4.72. The van der Waals surface area contributed by atoms with E-state index < -0.39 is 6.10 Å². The molecule has 0 aliphatic rings. The molecule has 0 spiro atoms. The van der Waals surface area contributed by atoms with Crippen LogP contribution in [0.1, 0.15) is 12.5 Å². The lowest BCUT2D eigenvalue weighted by Crippen LogP contribution is -2.30. The molecule has 6 heteroatoms. The van der Waals surface area contributed by atoms with Gasteiger partial charge in [0.1, 0.15) is 11.5 Å². The van der Waals surface area contributed by atoms with Crippen molar-refractivity contribution < 1.29 is 14.3 Å². The summed E-state index contributed by atoms with van der Waals surface area (Å²) in [6.07, 6.45) is -0.696. The minimum Gasteiger partial charge on any atom is -0.495 e. The quantitative estimate of drug-likeness (QED) is 0.845. The first-order valence-corrected chi connectivity index (χ1v) is 7.73. The summed E-state index contributed by atoms with van der Waals surface area (Å²) in [5, 5.41) is 3.88. The van der Waals surface area contributed by atoms with Crippen LogP contribution < -0.4 is 14.8 Å². The third-order valence-corrected chi connectivity index (χ3v) is 3.70. The number of halogens is 2. The smallest absolute Gasteiger partial charge is 0.265 e. The van der Waals surface area contributed by atoms with Gasteiger partial charge in [0, 0.05) is 10.0 Å². The molecule has 2 aromatic carbocycles. The Bertz CT molecular complexity index is 719. The van der Waals surface area contributed by atoms with E-state index in [1.54, 1.807) is 43.3 Å². The molecule has 0 bridgehead atoms. The highest BCUT2D eigenvalue weighted by Gasteiger charge is 2.17. The van der Waals surface area contributed by atoms with E-state index in [4.69, 9.17) is 32.7 Å². The maximum absolute atomic E-state index is 12.3. The largest absolute Gasteiger partial charge is 0.495 e. The van der Waals surface area contributed by atoms with E-state index in [0.29, 0.717) is 27.2 Å². The fraction of sp³-hybridized carbons (Fsp3) is 0.235. The number of methoxy groups -OCH3 is 1. The third kappa shape index (κ3) is 4.53. The van der Waals surface area contributed by atoms with E-state index in [2.05, 4.69) is 5.32 Å². The van der Waals surface area contributed by atoms with Gasteiger partial charge in [0.2, 0.25) is 0 Å². The van der Waals surface area contributed by atoms with Gasteiger partial charge in [0.15, 0.2) is 6.10 Å². The summed E-state index contributed by atoms with van der Waals surface area (Å²) in [6, 6.07) is 10.2. The summed E-state index contributed by atoms with van der Waals surface area (Å²) in [5.41, 5.74) is 1.35. The summed E-state index contributed by atoms with van der Waals surface area (Å²) in [4.78, 5) is 12.3. The molecule has 2 aromatic rings. The molecule has 0 radical (unpaired) electrons. The monoisotopic (exact) mass is 353 g/mol. The molecular weight excluding hydrogens is 337 g/mol. The van der Waals surface area contributed by atoms with Gasteiger partial charge in [0.25, 0.3) is 5.91 Å². The summed E-state index contributed by atoms with van der Waals surface area (Å²) in [6.45, 7) is 3.53. The normalized spacial score (nSPS) is 11.7. The minimum absolute atomic E-state index is 0.306. The number of benzene rings is 2. The van der Waals surface area contributed by atoms with Gasteiger partial charge in [-0.3, -0.25) is 4.79 Å². The van der Waals surface area contributed by atoms with Crippen molar-refractivity contribution in [1.29, 1.82) is 0 Å². The number of carbonyl (C=O) groups is 1. The number of carbonyl (C=O) groups excluding carboxylic acids is 1. The predicted molar refractivity (Wildman–Crippen MR) is 92.9 cm³/mol. The molecule has 122 valence electrons. The van der Waals surface area contributed by atoms with Gasteiger partial charge in [-0.2, -0.15) is 0 Å². The fourth-order valence-electron chi connectivity index (χ4n) is 2.00. The van der Waals surface area contributed by atoms with E-state index in [1.807, 2.05) is 6.92 Å². The highest BCUT2D eigenvalue weighted by Crippen LogP contribution is 2.28. The fourth-order valence-corrected chi connectivity index (χ4v) is 2.40. The number of nitrogens with one attached hydrogen (secondary N) is 1. The van der Waals surface area contributed by atoms with Crippen LogP contribution in [0.25, 0.3) is 0 Å². The average molecular weight is 354 g/mol. The first-order chi connectivity index (χ1) is 10.9. The molecule has 1 atom stereocenters. The first kappa shape index (κ1) is 17.4. The van der Waals surface area contributed by atoms with Crippen LogP contribution in [0.4, 0.5) is 5.69 Å². The van der Waals surface area contributed by atoms with E-state index >= 15 is 0 Å². The van der Waals surface area contributed by atoms with Gasteiger partial charge in [-0.25, -0.2) is 0 Å². The maximum atomic E-state index is 12.3. The highest BCUT2D eigenvalue weighted by molar-refractivity contribution is 6.31. The number of ether oxygens (including phenoxy) is 2. The van der Waals surface area contributed by atoms with Crippen LogP contribution in [0.15, 0.2) is 36.4 Å². The molecule has 0 saturated heterocycles. The van der Waals surface area contributed by atoms with Crippen molar-refractivity contribution in [2.24, 2.45) is 0 Å². The Balaban J connectivity index is 2.10. The van der Waals surface area contributed by atoms with Crippen LogP contribution in [0.2, 0.25) is 10.0 Å². The van der Waals surface area contributed by atoms with Crippen LogP contribution >= 0.6 is 23.2 Å². The summed E-state index contributed by atoms with van der Waals surface area (Å²) < 4.78 is 10.9. The summed E-state index contributed by atoms with van der Waals surface area (Å²) in [7, 11) is 1.52. The molecule has 4 nitrogen and oxygen atoms in total. The van der Waals surface area contributed by atoms with Gasteiger partial charge in [-0.1, -0.05) is 23.2 Å². The molecule has 0 aliphatic carbocycles. The molecular formula is C17H17Cl2NO3. The Morgan fingerprint density at radius 1 is 1.09 bits per heavy atom. The molecule has 0 aliphatic heterocycles. The van der Waals surface area contributed by atoms with Crippen molar-refractivity contribution in [2.45, 2.75) is 20.0 Å². The average Bonchev–Trinajstić information content (AvgIpc) is 2.50. The third-order valence-electron chi connectivity index (χ3n) is 3.23. The Morgan fingerprint density at radius 2 is 1.70 bits per heavy atom. The molecule has 2 rings (SSSR count). The molecule has 0 heterocycles. The molecule has 23 heavy (non-hydrogen) atoms. The molecule has 1 unspecified atom stereocenters.